The predicted molar refractivity (Wildman–Crippen MR) is 529 cm³/mol. The third-order valence-electron chi connectivity index (χ3n) is 28.9. The van der Waals surface area contributed by atoms with Crippen molar-refractivity contribution in [1.29, 1.82) is 0 Å². The van der Waals surface area contributed by atoms with Gasteiger partial charge in [0, 0.05) is 153 Å². The van der Waals surface area contributed by atoms with E-state index in [1.807, 2.05) is 88.0 Å². The smallest absolute Gasteiger partial charge is 0.793 e. The maximum Gasteiger partial charge on any atom is 1.00 e. The Morgan fingerprint density at radius 1 is 0.353 bits per heavy atom. The van der Waals surface area contributed by atoms with Crippen LogP contribution in [0, 0.1) is 0 Å². The van der Waals surface area contributed by atoms with E-state index in [1.165, 1.54) is 116 Å². The quantitative estimate of drug-likeness (QED) is 0.0485. The van der Waals surface area contributed by atoms with Crippen molar-refractivity contribution < 1.29 is 120 Å². The van der Waals surface area contributed by atoms with Gasteiger partial charge in [0.2, 0.25) is 5.97 Å². The standard InChI is InChI=1S/C19H33N3O3.C17H29N3O3.C16H31N3O2.C14H25N3O.C12H21N3O.C10H17NO3.C6H14N2.C4H6O4.C2H3BO2.Na/c1-5-21-15-8-6-7-9-16(15)22(17(21)23)14-10-12-20(13-11-14)18(24)25-19(2,3)4;1-17(2,3)23-16(22)19-10-8-12(9-11-19)20-14-7-5-4-6-13(14)18-15(20)21;1-16(2,3)21-15(20)19-10-8-12(9-11-19)18-14-7-5-4-6-13(14)17;1-2-16-12-5-3-4-6-13(12)17(14(16)18)11-7-9-15-10-8-11;16-12-14-10-3-1-2-4-11(10)15(12)9-5-7-13-8-6-9;1-10(2,3)14-9(13)11-6-4-8(12)5-7-11;7-5-3-1-2-4-6(5)8;1-3(5)7-8-4(2)6;1-2(4)5-3;/h14-16H,5-13H2,1-4H3;12-14H,4-11H2,1-3H3,(H,18,21);12-14,18H,4-11,17H2,1-3H3;11-13,15H,2-10H2,1H3;9-11,13H,1-8H2,(H,14,16);4-7H2,1-3H3;5-6H,1-4,7-8H2;1-2H3;1H3;/q;;;;;;;;-1;+1/t15?,16-;13?,14-;13-,14-;12?,13-;10?,11-;;5-,6-;;;/m11111.1.../s1. The molecule has 16 fully saturated rings. The number of Topliss-reactive ketones (excluding diaryl/α,β-unsaturated/α-hetero) is 1. The van der Waals surface area contributed by atoms with Crippen LogP contribution in [0.15, 0.2) is 0 Å². The van der Waals surface area contributed by atoms with Gasteiger partial charge in [0.15, 0.2) is 0 Å². The molecule has 16 aliphatic rings. The number of amides is 12. The summed E-state index contributed by atoms with van der Waals surface area (Å²) in [6, 6.07) is 7.51. The third kappa shape index (κ3) is 38.5. The minimum atomic E-state index is -0.639. The molecule has 10 heterocycles. The van der Waals surface area contributed by atoms with Crippen LogP contribution in [0.2, 0.25) is 0 Å². The minimum absolute atomic E-state index is 0. The van der Waals surface area contributed by atoms with E-state index < -0.39 is 40.3 Å². The molecule has 787 valence electrons. The second-order valence-electron chi connectivity index (χ2n) is 44.1. The van der Waals surface area contributed by atoms with Crippen LogP contribution in [0.25, 0.3) is 0 Å². The van der Waals surface area contributed by atoms with Crippen molar-refractivity contribution in [2.75, 3.05) is 91.6 Å². The number of hydrogen-bond donors (Lipinski definition) is 8. The fraction of sp³-hybridized carbons (Fsp3) is 0.880. The summed E-state index contributed by atoms with van der Waals surface area (Å²) in [7, 11) is 4.32. The SMILES string of the molecule is CC(=O)OOC(C)=O.CC(C)(C)OC(=O)N1CCC(=O)CC1.CC(C)(C)OC(=O)N1CCC(N2C(=O)NC3CCCC[C@H]32)CC1.CC(C)(C)OC(=O)N1CCC(N[C@@H]2CCCC[C@H]2N)CC1.CCN1C(=O)N(C2CCN(C(=O)OC(C)(C)C)CC2)[C@@H]2CCCCC21.CCN1C(=O)N(C2CCNCC2)[C@@H]2CCCCC21.N[C@@H]1CCCC[C@H]1N.O=C1NC2CCCC[C@H]2N1C1CCNCC1.[B-]OC(C)=O.[Na+]. The van der Waals surface area contributed by atoms with Crippen LogP contribution in [0.1, 0.15) is 349 Å². The van der Waals surface area contributed by atoms with E-state index in [-0.39, 0.29) is 102 Å². The molecule has 0 spiro atoms. The van der Waals surface area contributed by atoms with E-state index in [0.717, 1.165) is 175 Å². The number of likely N-dealkylation sites (tertiary alicyclic amines) is 4. The second kappa shape index (κ2) is 57.7. The van der Waals surface area contributed by atoms with Crippen molar-refractivity contribution in [1.82, 2.24) is 75.6 Å². The zero-order valence-corrected chi connectivity index (χ0v) is 90.2. The van der Waals surface area contributed by atoms with E-state index in [0.29, 0.717) is 137 Å². The van der Waals surface area contributed by atoms with Gasteiger partial charge in [0.25, 0.3) is 0 Å². The average molecular weight is 1970 g/mol. The van der Waals surface area contributed by atoms with Gasteiger partial charge in [-0.05, 0) is 264 Å². The molecule has 3 radical (unpaired) electrons. The van der Waals surface area contributed by atoms with Crippen LogP contribution in [0.4, 0.5) is 38.4 Å². The summed E-state index contributed by atoms with van der Waals surface area (Å²) < 4.78 is 25.1. The number of piperidine rings is 6. The molecule has 37 nitrogen and oxygen atoms in total. The molecule has 139 heavy (non-hydrogen) atoms. The molecule has 10 saturated heterocycles. The van der Waals surface area contributed by atoms with E-state index in [4.69, 9.17) is 36.1 Å². The zero-order chi connectivity index (χ0) is 101. The van der Waals surface area contributed by atoms with Gasteiger partial charge < -0.3 is 124 Å². The van der Waals surface area contributed by atoms with Crippen LogP contribution < -0.4 is 73.3 Å². The second-order valence-corrected chi connectivity index (χ2v) is 44.1. The molecule has 6 saturated carbocycles. The number of nitrogens with two attached hydrogens (primary N) is 3. The molecule has 12 amide bonds. The van der Waals surface area contributed by atoms with Gasteiger partial charge >= 0.3 is 90.0 Å². The first-order chi connectivity index (χ1) is 65.3. The van der Waals surface area contributed by atoms with E-state index in [9.17, 15) is 57.5 Å². The molecule has 0 aromatic carbocycles. The maximum atomic E-state index is 13.0. The van der Waals surface area contributed by atoms with Crippen LogP contribution >= 0.6 is 0 Å². The first-order valence-corrected chi connectivity index (χ1v) is 52.7. The Kier molecular flexibility index (Phi) is 49.4. The molecule has 12 atom stereocenters. The molecule has 10 aliphatic heterocycles. The molecule has 16 rings (SSSR count). The van der Waals surface area contributed by atoms with Crippen molar-refractivity contribution in [3.05, 3.63) is 0 Å². The topological polar surface area (TPSA) is 440 Å². The summed E-state index contributed by atoms with van der Waals surface area (Å²) in [4.78, 5) is 165. The van der Waals surface area contributed by atoms with Crippen molar-refractivity contribution in [2.45, 2.75) is 474 Å². The zero-order valence-electron chi connectivity index (χ0n) is 88.2. The Bertz CT molecular complexity index is 3790. The Hall–Kier alpha value is -6.94. The van der Waals surface area contributed by atoms with Crippen molar-refractivity contribution in [3.8, 4) is 0 Å². The number of ether oxygens (including phenoxy) is 4. The molecular formula is C100H179BN18NaO19. The number of likely N-dealkylation sites (N-methyl/N-ethyl adjacent to an activating group) is 2. The Labute approximate surface area is 853 Å². The monoisotopic (exact) mass is 1970 g/mol. The van der Waals surface area contributed by atoms with Crippen LogP contribution in [-0.2, 0) is 52.6 Å². The van der Waals surface area contributed by atoms with Gasteiger partial charge in [-0.25, -0.2) is 57.7 Å². The summed E-state index contributed by atoms with van der Waals surface area (Å²) in [6.45, 7) is 41.4. The van der Waals surface area contributed by atoms with Gasteiger partial charge in [-0.1, -0.05) is 77.0 Å². The first kappa shape index (κ1) is 119. The summed E-state index contributed by atoms with van der Waals surface area (Å²) in [5.41, 5.74) is 15.7. The number of nitrogens with zero attached hydrogens (tertiary/aromatic N) is 10. The molecule has 0 aromatic heterocycles. The van der Waals surface area contributed by atoms with Gasteiger partial charge in [-0.2, -0.15) is 0 Å². The van der Waals surface area contributed by atoms with Crippen LogP contribution in [-0.4, -0.2) is 346 Å². The number of hydrogen-bond acceptors (Lipinski definition) is 25. The number of carbonyl (C=O) groups excluding carboxylic acids is 12. The normalized spacial score (nSPS) is 27.6. The van der Waals surface area contributed by atoms with Crippen LogP contribution in [0.3, 0.4) is 0 Å². The molecular weight excluding hydrogens is 1790 g/mol. The summed E-state index contributed by atoms with van der Waals surface area (Å²) in [5, 5.41) is 16.8. The first-order valence-electron chi connectivity index (χ1n) is 52.7. The minimum Gasteiger partial charge on any atom is -0.793 e. The molecule has 4 unspecified atom stereocenters. The fourth-order valence-corrected chi connectivity index (χ4v) is 22.2. The Morgan fingerprint density at radius 2 is 0.626 bits per heavy atom. The third-order valence-corrected chi connectivity index (χ3v) is 28.9. The molecule has 11 N–H and O–H groups in total. The molecule has 6 aliphatic carbocycles. The molecule has 0 bridgehead atoms. The number of rotatable bonds is 8. The van der Waals surface area contributed by atoms with Crippen molar-refractivity contribution >= 4 is 80.2 Å². The summed E-state index contributed by atoms with van der Waals surface area (Å²) in [6.07, 6.45) is 38.8. The fourth-order valence-electron chi connectivity index (χ4n) is 22.2. The van der Waals surface area contributed by atoms with Gasteiger partial charge in [0.1, 0.15) is 28.2 Å². The average Bonchev–Trinajstić information content (AvgIpc) is 1.60. The predicted octanol–water partition coefficient (Wildman–Crippen LogP) is 9.77. The van der Waals surface area contributed by atoms with Crippen molar-refractivity contribution in [2.24, 2.45) is 17.2 Å². The number of urea groups is 4. The van der Waals surface area contributed by atoms with Gasteiger partial charge in [0.05, 0.1) is 48.3 Å². The summed E-state index contributed by atoms with van der Waals surface area (Å²) >= 11 is 0. The Morgan fingerprint density at radius 3 is 0.935 bits per heavy atom. The Balaban J connectivity index is 0.000000219. The van der Waals surface area contributed by atoms with Crippen LogP contribution in [0.5, 0.6) is 0 Å². The number of ketones is 1. The number of carbonyl (C=O) groups is 12. The largest absolute Gasteiger partial charge is 1.00 e. The number of fused-ring (bicyclic) bond motifs is 4. The molecule has 0 aromatic rings. The van der Waals surface area contributed by atoms with Gasteiger partial charge in [-0.15, -0.1) is 0 Å². The van der Waals surface area contributed by atoms with E-state index in [2.05, 4.69) is 92.3 Å². The number of nitrogens with one attached hydrogen (secondary N) is 5. The summed E-state index contributed by atoms with van der Waals surface area (Å²) in [5.74, 6) is -1.52. The van der Waals surface area contributed by atoms with E-state index >= 15 is 0 Å². The maximum absolute atomic E-state index is 13.0. The van der Waals surface area contributed by atoms with Crippen molar-refractivity contribution in [3.63, 3.8) is 0 Å². The van der Waals surface area contributed by atoms with E-state index in [1.54, 1.807) is 14.7 Å². The molecule has 39 heteroatoms. The van der Waals surface area contributed by atoms with Gasteiger partial charge in [-0.3, -0.25) is 9.59 Å².